The Morgan fingerprint density at radius 3 is 2.35 bits per heavy atom. The number of nitrogens with zero attached hydrogens (tertiary/aromatic N) is 1. The average Bonchev–Trinajstić information content (AvgIpc) is 2.86. The molecule has 2 N–H and O–H groups in total. The zero-order valence-corrected chi connectivity index (χ0v) is 12.3. The highest BCUT2D eigenvalue weighted by Crippen LogP contribution is 2.27. The van der Waals surface area contributed by atoms with Crippen molar-refractivity contribution in [3.63, 3.8) is 0 Å². The largest absolute Gasteiger partial charge is 0.343 e. The van der Waals surface area contributed by atoms with Gasteiger partial charge < -0.3 is 10.3 Å². The standard InChI is InChI=1S/C16H14Cl2N2/c17-14-4-2-5-15(18)13(14)10-20-8-7-12-11(9-19)3-1-6-16(12)20/h1-8H,9-10,19H2. The molecule has 20 heavy (non-hydrogen) atoms. The number of fused-ring (bicyclic) bond motifs is 1. The zero-order valence-electron chi connectivity index (χ0n) is 10.8. The monoisotopic (exact) mass is 304 g/mol. The van der Waals surface area contributed by atoms with Crippen molar-refractivity contribution in [3.8, 4) is 0 Å². The Morgan fingerprint density at radius 1 is 0.950 bits per heavy atom. The molecule has 0 saturated carbocycles. The van der Waals surface area contributed by atoms with Gasteiger partial charge in [0.25, 0.3) is 0 Å². The fraction of sp³-hybridized carbons (Fsp3) is 0.125. The van der Waals surface area contributed by atoms with Gasteiger partial charge in [0.15, 0.2) is 0 Å². The molecule has 102 valence electrons. The van der Waals surface area contributed by atoms with Crippen LogP contribution < -0.4 is 5.73 Å². The normalized spacial score (nSPS) is 11.2. The predicted octanol–water partition coefficient (Wildman–Crippen LogP) is 4.46. The minimum absolute atomic E-state index is 0.536. The van der Waals surface area contributed by atoms with E-state index in [9.17, 15) is 0 Å². The fourth-order valence-electron chi connectivity index (χ4n) is 2.46. The molecule has 2 aromatic carbocycles. The summed E-state index contributed by atoms with van der Waals surface area (Å²) in [6.45, 7) is 1.18. The van der Waals surface area contributed by atoms with Crippen molar-refractivity contribution in [2.75, 3.05) is 0 Å². The van der Waals surface area contributed by atoms with Gasteiger partial charge in [-0.3, -0.25) is 0 Å². The van der Waals surface area contributed by atoms with Gasteiger partial charge >= 0.3 is 0 Å². The third-order valence-electron chi connectivity index (χ3n) is 3.51. The number of rotatable bonds is 3. The number of benzene rings is 2. The molecule has 1 heterocycles. The Balaban J connectivity index is 2.08. The molecule has 4 heteroatoms. The Hall–Kier alpha value is -1.48. The minimum atomic E-state index is 0.536. The summed E-state index contributed by atoms with van der Waals surface area (Å²) < 4.78 is 2.14. The zero-order chi connectivity index (χ0) is 14.1. The molecule has 3 rings (SSSR count). The van der Waals surface area contributed by atoms with Crippen LogP contribution in [0.1, 0.15) is 11.1 Å². The highest BCUT2D eigenvalue weighted by atomic mass is 35.5. The summed E-state index contributed by atoms with van der Waals surface area (Å²) in [5.41, 5.74) is 9.00. The van der Waals surface area contributed by atoms with Crippen LogP contribution in [0, 0.1) is 0 Å². The summed E-state index contributed by atoms with van der Waals surface area (Å²) in [7, 11) is 0. The molecule has 0 aliphatic heterocycles. The van der Waals surface area contributed by atoms with E-state index in [4.69, 9.17) is 28.9 Å². The van der Waals surface area contributed by atoms with Crippen molar-refractivity contribution in [3.05, 3.63) is 69.8 Å². The van der Waals surface area contributed by atoms with Crippen LogP contribution in [0.5, 0.6) is 0 Å². The van der Waals surface area contributed by atoms with Gasteiger partial charge in [0.1, 0.15) is 0 Å². The van der Waals surface area contributed by atoms with Crippen LogP contribution in [0.3, 0.4) is 0 Å². The molecule has 0 atom stereocenters. The van der Waals surface area contributed by atoms with Crippen molar-refractivity contribution in [1.29, 1.82) is 0 Å². The molecule has 0 radical (unpaired) electrons. The molecule has 0 fully saturated rings. The lowest BCUT2D eigenvalue weighted by Crippen LogP contribution is -2.00. The van der Waals surface area contributed by atoms with Crippen molar-refractivity contribution in [2.24, 2.45) is 5.73 Å². The molecule has 1 aromatic heterocycles. The van der Waals surface area contributed by atoms with Crippen LogP contribution >= 0.6 is 23.2 Å². The summed E-state index contributed by atoms with van der Waals surface area (Å²) in [5.74, 6) is 0. The maximum absolute atomic E-state index is 6.24. The second-order valence-electron chi connectivity index (χ2n) is 4.70. The SMILES string of the molecule is NCc1cccc2c1ccn2Cc1c(Cl)cccc1Cl. The first-order valence-electron chi connectivity index (χ1n) is 6.40. The molecule has 3 aromatic rings. The van der Waals surface area contributed by atoms with E-state index in [1.54, 1.807) is 0 Å². The topological polar surface area (TPSA) is 30.9 Å². The number of hydrogen-bond donors (Lipinski definition) is 1. The van der Waals surface area contributed by atoms with Gasteiger partial charge in [0.05, 0.1) is 6.54 Å². The maximum atomic E-state index is 6.24. The van der Waals surface area contributed by atoms with E-state index in [-0.39, 0.29) is 0 Å². The van der Waals surface area contributed by atoms with Gasteiger partial charge in [-0.15, -0.1) is 0 Å². The minimum Gasteiger partial charge on any atom is -0.343 e. The molecule has 0 aliphatic rings. The summed E-state index contributed by atoms with van der Waals surface area (Å²) in [4.78, 5) is 0. The summed E-state index contributed by atoms with van der Waals surface area (Å²) in [6, 6.07) is 13.8. The molecule has 2 nitrogen and oxygen atoms in total. The average molecular weight is 305 g/mol. The van der Waals surface area contributed by atoms with Crippen molar-refractivity contribution in [2.45, 2.75) is 13.1 Å². The summed E-state index contributed by atoms with van der Waals surface area (Å²) in [5, 5.41) is 2.56. The van der Waals surface area contributed by atoms with Crippen molar-refractivity contribution >= 4 is 34.1 Å². The number of aromatic nitrogens is 1. The van der Waals surface area contributed by atoms with E-state index < -0.39 is 0 Å². The highest BCUT2D eigenvalue weighted by molar-refractivity contribution is 6.36. The molecule has 0 saturated heterocycles. The fourth-order valence-corrected chi connectivity index (χ4v) is 2.97. The first-order chi connectivity index (χ1) is 9.70. The summed E-state index contributed by atoms with van der Waals surface area (Å²) >= 11 is 12.5. The van der Waals surface area contributed by atoms with Crippen LogP contribution in [0.25, 0.3) is 10.9 Å². The van der Waals surface area contributed by atoms with Gasteiger partial charge in [-0.2, -0.15) is 0 Å². The predicted molar refractivity (Wildman–Crippen MR) is 85.4 cm³/mol. The van der Waals surface area contributed by atoms with E-state index in [0.717, 1.165) is 16.6 Å². The van der Waals surface area contributed by atoms with E-state index in [1.807, 2.05) is 30.5 Å². The molecular formula is C16H14Cl2N2. The van der Waals surface area contributed by atoms with Gasteiger partial charge in [0, 0.05) is 39.3 Å². The summed E-state index contributed by atoms with van der Waals surface area (Å²) in [6.07, 6.45) is 2.05. The molecule has 0 amide bonds. The van der Waals surface area contributed by atoms with E-state index in [1.165, 1.54) is 5.39 Å². The van der Waals surface area contributed by atoms with Crippen molar-refractivity contribution < 1.29 is 0 Å². The first kappa shape index (κ1) is 13.5. The van der Waals surface area contributed by atoms with Crippen LogP contribution in [0.15, 0.2) is 48.7 Å². The molecule has 0 unspecified atom stereocenters. The molecule has 0 aliphatic carbocycles. The third kappa shape index (κ3) is 2.31. The van der Waals surface area contributed by atoms with Gasteiger partial charge in [-0.1, -0.05) is 41.4 Å². The quantitative estimate of drug-likeness (QED) is 0.761. The van der Waals surface area contributed by atoms with Crippen LogP contribution in [-0.2, 0) is 13.1 Å². The third-order valence-corrected chi connectivity index (χ3v) is 4.22. The van der Waals surface area contributed by atoms with E-state index in [2.05, 4.69) is 22.8 Å². The lowest BCUT2D eigenvalue weighted by molar-refractivity contribution is 0.837. The maximum Gasteiger partial charge on any atom is 0.0505 e. The highest BCUT2D eigenvalue weighted by Gasteiger charge is 2.09. The van der Waals surface area contributed by atoms with Gasteiger partial charge in [-0.05, 0) is 29.8 Å². The van der Waals surface area contributed by atoms with Crippen molar-refractivity contribution in [1.82, 2.24) is 4.57 Å². The van der Waals surface area contributed by atoms with Gasteiger partial charge in [-0.25, -0.2) is 0 Å². The molecule has 0 spiro atoms. The van der Waals surface area contributed by atoms with E-state index in [0.29, 0.717) is 23.1 Å². The van der Waals surface area contributed by atoms with Crippen LogP contribution in [0.2, 0.25) is 10.0 Å². The Bertz CT molecular complexity index is 742. The van der Waals surface area contributed by atoms with Crippen LogP contribution in [-0.4, -0.2) is 4.57 Å². The smallest absolute Gasteiger partial charge is 0.0505 e. The first-order valence-corrected chi connectivity index (χ1v) is 7.16. The Labute approximate surface area is 127 Å². The van der Waals surface area contributed by atoms with E-state index >= 15 is 0 Å². The lowest BCUT2D eigenvalue weighted by atomic mass is 10.1. The molecule has 0 bridgehead atoms. The number of halogens is 2. The van der Waals surface area contributed by atoms with Crippen LogP contribution in [0.4, 0.5) is 0 Å². The Kier molecular flexibility index (Phi) is 3.70. The molecular weight excluding hydrogens is 291 g/mol. The lowest BCUT2D eigenvalue weighted by Gasteiger charge is -2.10. The number of nitrogens with two attached hydrogens (primary N) is 1. The number of hydrogen-bond acceptors (Lipinski definition) is 1. The second-order valence-corrected chi connectivity index (χ2v) is 5.51. The van der Waals surface area contributed by atoms with Gasteiger partial charge in [0.2, 0.25) is 0 Å². The Morgan fingerprint density at radius 2 is 1.65 bits per heavy atom. The second kappa shape index (κ2) is 5.49.